The third kappa shape index (κ3) is 6.43. The summed E-state index contributed by atoms with van der Waals surface area (Å²) in [7, 11) is 0. The lowest BCUT2D eigenvalue weighted by atomic mass is 9.84. The molecule has 0 aliphatic rings. The number of hydrogen-bond donors (Lipinski definition) is 3. The minimum Gasteiger partial charge on any atom is -0.445 e. The van der Waals surface area contributed by atoms with Gasteiger partial charge in [0, 0.05) is 5.92 Å². The van der Waals surface area contributed by atoms with Gasteiger partial charge in [-0.2, -0.15) is 0 Å². The largest absolute Gasteiger partial charge is 0.445 e. The van der Waals surface area contributed by atoms with Crippen LogP contribution >= 0.6 is 0 Å². The Morgan fingerprint density at radius 1 is 0.781 bits per heavy atom. The number of benzene rings is 3. The van der Waals surface area contributed by atoms with E-state index < -0.39 is 29.9 Å². The van der Waals surface area contributed by atoms with E-state index in [4.69, 9.17) is 10.5 Å². The first kappa shape index (κ1) is 22.6. The zero-order chi connectivity index (χ0) is 22.8. The van der Waals surface area contributed by atoms with E-state index >= 15 is 0 Å². The predicted molar refractivity (Wildman–Crippen MR) is 120 cm³/mol. The van der Waals surface area contributed by atoms with E-state index in [-0.39, 0.29) is 13.2 Å². The number of hydrogen-bond acceptors (Lipinski definition) is 4. The third-order valence-corrected chi connectivity index (χ3v) is 4.88. The third-order valence-electron chi connectivity index (χ3n) is 4.88. The van der Waals surface area contributed by atoms with Crippen molar-refractivity contribution < 1.29 is 19.1 Å². The lowest BCUT2D eigenvalue weighted by Gasteiger charge is -2.26. The Kier molecular flexibility index (Phi) is 7.97. The molecule has 0 heterocycles. The van der Waals surface area contributed by atoms with Crippen molar-refractivity contribution in [3.05, 3.63) is 108 Å². The van der Waals surface area contributed by atoms with E-state index in [0.29, 0.717) is 0 Å². The number of carbonyl (C=O) groups is 3. The summed E-state index contributed by atoms with van der Waals surface area (Å²) < 4.78 is 5.10. The van der Waals surface area contributed by atoms with Gasteiger partial charge >= 0.3 is 6.09 Å². The smallest absolute Gasteiger partial charge is 0.407 e. The maximum Gasteiger partial charge on any atom is 0.407 e. The molecule has 0 spiro atoms. The molecule has 0 aliphatic heterocycles. The van der Waals surface area contributed by atoms with Gasteiger partial charge in [-0.1, -0.05) is 91.0 Å². The van der Waals surface area contributed by atoms with Crippen molar-refractivity contribution >= 4 is 17.9 Å². The number of primary amides is 1. The molecule has 0 unspecified atom stereocenters. The highest BCUT2D eigenvalue weighted by atomic mass is 16.5. The molecule has 3 rings (SSSR count). The van der Waals surface area contributed by atoms with Crippen molar-refractivity contribution in [1.82, 2.24) is 10.6 Å². The van der Waals surface area contributed by atoms with E-state index in [2.05, 4.69) is 10.6 Å². The fourth-order valence-corrected chi connectivity index (χ4v) is 3.37. The van der Waals surface area contributed by atoms with Crippen molar-refractivity contribution in [2.45, 2.75) is 18.6 Å². The molecule has 3 aromatic rings. The summed E-state index contributed by atoms with van der Waals surface area (Å²) in [6, 6.07) is 26.8. The van der Waals surface area contributed by atoms with Gasteiger partial charge in [-0.25, -0.2) is 4.79 Å². The van der Waals surface area contributed by atoms with E-state index in [1.54, 1.807) is 0 Å². The Hall–Kier alpha value is -4.13. The number of carbonyl (C=O) groups excluding carboxylic acids is 3. The quantitative estimate of drug-likeness (QED) is 0.484. The first-order valence-corrected chi connectivity index (χ1v) is 10.2. The summed E-state index contributed by atoms with van der Waals surface area (Å²) in [5.74, 6) is -1.71. The van der Waals surface area contributed by atoms with Crippen molar-refractivity contribution in [1.29, 1.82) is 0 Å². The molecule has 0 fully saturated rings. The molecule has 1 atom stereocenters. The first-order chi connectivity index (χ1) is 15.5. The van der Waals surface area contributed by atoms with Crippen molar-refractivity contribution in [3.8, 4) is 0 Å². The monoisotopic (exact) mass is 431 g/mol. The van der Waals surface area contributed by atoms with Gasteiger partial charge in [-0.05, 0) is 16.7 Å². The predicted octanol–water partition coefficient (Wildman–Crippen LogP) is 2.72. The summed E-state index contributed by atoms with van der Waals surface area (Å²) in [5, 5.41) is 5.05. The van der Waals surface area contributed by atoms with Gasteiger partial charge in [0.15, 0.2) is 0 Å². The molecule has 0 radical (unpaired) electrons. The van der Waals surface area contributed by atoms with Crippen LogP contribution in [0.25, 0.3) is 0 Å². The summed E-state index contributed by atoms with van der Waals surface area (Å²) in [6.07, 6.45) is -0.734. The van der Waals surface area contributed by atoms with Crippen LogP contribution in [0.15, 0.2) is 91.0 Å². The van der Waals surface area contributed by atoms with E-state index in [9.17, 15) is 14.4 Å². The molecule has 0 aromatic heterocycles. The molecule has 0 saturated heterocycles. The second-order valence-corrected chi connectivity index (χ2v) is 7.16. The number of rotatable bonds is 9. The van der Waals surface area contributed by atoms with Gasteiger partial charge in [0.25, 0.3) is 0 Å². The zero-order valence-electron chi connectivity index (χ0n) is 17.4. The second kappa shape index (κ2) is 11.3. The highest BCUT2D eigenvalue weighted by Gasteiger charge is 2.30. The van der Waals surface area contributed by atoms with Crippen LogP contribution in [-0.4, -0.2) is 30.5 Å². The molecular weight excluding hydrogens is 406 g/mol. The molecule has 0 saturated carbocycles. The SMILES string of the molecule is NC(=O)[C@@H](NC(=O)CNC(=O)OCc1ccccc1)C(c1ccccc1)c1ccccc1. The molecular formula is C25H25N3O4. The van der Waals surface area contributed by atoms with Crippen LogP contribution in [0.5, 0.6) is 0 Å². The molecule has 32 heavy (non-hydrogen) atoms. The Morgan fingerprint density at radius 3 is 1.78 bits per heavy atom. The molecule has 3 aromatic carbocycles. The van der Waals surface area contributed by atoms with Crippen molar-refractivity contribution in [3.63, 3.8) is 0 Å². The van der Waals surface area contributed by atoms with Gasteiger partial charge in [0.1, 0.15) is 19.2 Å². The summed E-state index contributed by atoms with van der Waals surface area (Å²) in [4.78, 5) is 36.7. The Bertz CT molecular complexity index is 987. The van der Waals surface area contributed by atoms with E-state index in [0.717, 1.165) is 16.7 Å². The first-order valence-electron chi connectivity index (χ1n) is 10.2. The number of nitrogens with two attached hydrogens (primary N) is 1. The Morgan fingerprint density at radius 2 is 1.28 bits per heavy atom. The summed E-state index contributed by atoms with van der Waals surface area (Å²) >= 11 is 0. The molecule has 164 valence electrons. The number of nitrogens with one attached hydrogen (secondary N) is 2. The van der Waals surface area contributed by atoms with Crippen LogP contribution in [0.1, 0.15) is 22.6 Å². The van der Waals surface area contributed by atoms with Gasteiger partial charge < -0.3 is 21.1 Å². The van der Waals surface area contributed by atoms with Gasteiger partial charge in [-0.3, -0.25) is 9.59 Å². The Labute approximate surface area is 186 Å². The molecule has 7 heteroatoms. The van der Waals surface area contributed by atoms with Crippen LogP contribution < -0.4 is 16.4 Å². The minimum absolute atomic E-state index is 0.0856. The molecule has 3 amide bonds. The highest BCUT2D eigenvalue weighted by molar-refractivity contribution is 5.89. The minimum atomic E-state index is -1.01. The maximum absolute atomic E-state index is 12.5. The van der Waals surface area contributed by atoms with Crippen LogP contribution in [0, 0.1) is 0 Å². The van der Waals surface area contributed by atoms with Crippen LogP contribution in [-0.2, 0) is 20.9 Å². The van der Waals surface area contributed by atoms with Crippen molar-refractivity contribution in [2.24, 2.45) is 5.73 Å². The fourth-order valence-electron chi connectivity index (χ4n) is 3.37. The highest BCUT2D eigenvalue weighted by Crippen LogP contribution is 2.28. The van der Waals surface area contributed by atoms with Crippen LogP contribution in [0.4, 0.5) is 4.79 Å². The zero-order valence-corrected chi connectivity index (χ0v) is 17.4. The molecule has 7 nitrogen and oxygen atoms in total. The van der Waals surface area contributed by atoms with Crippen LogP contribution in [0.2, 0.25) is 0 Å². The normalized spacial score (nSPS) is 11.4. The average molecular weight is 431 g/mol. The van der Waals surface area contributed by atoms with Crippen LogP contribution in [0.3, 0.4) is 0 Å². The average Bonchev–Trinajstić information content (AvgIpc) is 2.83. The fraction of sp³-hybridized carbons (Fsp3) is 0.160. The maximum atomic E-state index is 12.5. The number of amides is 3. The molecule has 0 aliphatic carbocycles. The standard InChI is InChI=1S/C25H25N3O4/c26-24(30)23(22(19-12-6-2-7-13-19)20-14-8-3-9-15-20)28-21(29)16-27-25(31)32-17-18-10-4-1-5-11-18/h1-15,22-23H,16-17H2,(H2,26,30)(H,27,31)(H,28,29)/t23-/m0/s1. The lowest BCUT2D eigenvalue weighted by molar-refractivity contribution is -0.127. The Balaban J connectivity index is 1.64. The number of alkyl carbamates (subject to hydrolysis) is 1. The lowest BCUT2D eigenvalue weighted by Crippen LogP contribution is -2.51. The molecule has 4 N–H and O–H groups in total. The van der Waals surface area contributed by atoms with Gasteiger partial charge in [0.05, 0.1) is 0 Å². The summed E-state index contributed by atoms with van der Waals surface area (Å²) in [5.41, 5.74) is 8.15. The van der Waals surface area contributed by atoms with E-state index in [1.807, 2.05) is 91.0 Å². The van der Waals surface area contributed by atoms with Gasteiger partial charge in [-0.15, -0.1) is 0 Å². The van der Waals surface area contributed by atoms with Crippen molar-refractivity contribution in [2.75, 3.05) is 6.54 Å². The summed E-state index contributed by atoms with van der Waals surface area (Å²) in [6.45, 7) is -0.268. The topological polar surface area (TPSA) is 111 Å². The second-order valence-electron chi connectivity index (χ2n) is 7.16. The number of ether oxygens (including phenoxy) is 1. The van der Waals surface area contributed by atoms with E-state index in [1.165, 1.54) is 0 Å². The van der Waals surface area contributed by atoms with Gasteiger partial charge in [0.2, 0.25) is 11.8 Å². The molecule has 0 bridgehead atoms.